The molecule has 0 bridgehead atoms. The van der Waals surface area contributed by atoms with Crippen molar-refractivity contribution in [2.45, 2.75) is 20.3 Å². The summed E-state index contributed by atoms with van der Waals surface area (Å²) in [5.74, 6) is 0.373. The molecule has 32 heavy (non-hydrogen) atoms. The molecule has 1 amide bonds. The lowest BCUT2D eigenvalue weighted by atomic mass is 10.2. The maximum Gasteiger partial charge on any atom is 0.274 e. The van der Waals surface area contributed by atoms with Gasteiger partial charge in [-0.3, -0.25) is 4.79 Å². The van der Waals surface area contributed by atoms with Crippen LogP contribution in [-0.2, 0) is 6.42 Å². The summed E-state index contributed by atoms with van der Waals surface area (Å²) in [5, 5.41) is 20.3. The van der Waals surface area contributed by atoms with Crippen molar-refractivity contribution in [2.75, 3.05) is 5.32 Å². The number of aromatic nitrogens is 7. The number of hydrogen-bond donors (Lipinski definition) is 1. The van der Waals surface area contributed by atoms with Crippen molar-refractivity contribution in [3.63, 3.8) is 0 Å². The van der Waals surface area contributed by atoms with E-state index in [4.69, 9.17) is 0 Å². The van der Waals surface area contributed by atoms with Crippen molar-refractivity contribution in [2.24, 2.45) is 0 Å². The first-order valence-corrected chi connectivity index (χ1v) is 10.3. The molecule has 0 fully saturated rings. The van der Waals surface area contributed by atoms with Crippen LogP contribution in [0.1, 0.15) is 28.9 Å². The molecule has 0 saturated carbocycles. The topological polar surface area (TPSA) is 103 Å². The molecule has 0 radical (unpaired) electrons. The fourth-order valence-corrected chi connectivity index (χ4v) is 3.58. The summed E-state index contributed by atoms with van der Waals surface area (Å²) in [6.45, 7) is 3.90. The van der Waals surface area contributed by atoms with Gasteiger partial charge in [0.1, 0.15) is 5.69 Å². The minimum absolute atomic E-state index is 0.289. The molecule has 1 N–H and O–H groups in total. The summed E-state index contributed by atoms with van der Waals surface area (Å²) in [7, 11) is 0. The summed E-state index contributed by atoms with van der Waals surface area (Å²) in [6, 6.07) is 20.7. The van der Waals surface area contributed by atoms with Crippen molar-refractivity contribution < 1.29 is 4.79 Å². The molecule has 0 aliphatic heterocycles. The molecule has 5 rings (SSSR count). The Bertz CT molecular complexity index is 1420. The number of aryl methyl sites for hydroxylation is 2. The zero-order valence-corrected chi connectivity index (χ0v) is 17.6. The zero-order valence-electron chi connectivity index (χ0n) is 17.6. The molecule has 0 spiro atoms. The van der Waals surface area contributed by atoms with E-state index < -0.39 is 0 Å². The smallest absolute Gasteiger partial charge is 0.274 e. The number of carbonyl (C=O) groups excluding carboxylic acids is 1. The van der Waals surface area contributed by atoms with E-state index in [9.17, 15) is 4.79 Å². The molecular weight excluding hydrogens is 404 g/mol. The Labute approximate surface area is 183 Å². The molecule has 0 aliphatic rings. The summed E-state index contributed by atoms with van der Waals surface area (Å²) in [5.41, 5.74) is 3.93. The Morgan fingerprint density at radius 1 is 0.969 bits per heavy atom. The first kappa shape index (κ1) is 19.6. The van der Waals surface area contributed by atoms with E-state index in [-0.39, 0.29) is 11.6 Å². The number of nitrogens with one attached hydrogen (secondary N) is 1. The molecule has 0 unspecified atom stereocenters. The van der Waals surface area contributed by atoms with Gasteiger partial charge < -0.3 is 5.32 Å². The van der Waals surface area contributed by atoms with Crippen LogP contribution < -0.4 is 5.32 Å². The van der Waals surface area contributed by atoms with Crippen LogP contribution in [0.15, 0.2) is 66.7 Å². The van der Waals surface area contributed by atoms with E-state index >= 15 is 0 Å². The van der Waals surface area contributed by atoms with E-state index in [0.717, 1.165) is 16.8 Å². The van der Waals surface area contributed by atoms with Gasteiger partial charge in [0.2, 0.25) is 0 Å². The summed E-state index contributed by atoms with van der Waals surface area (Å²) in [6.07, 6.45) is 0.663. The SMILES string of the molecule is CCc1nnnn1-c1ccccc1NC(=O)c1ccc2c(C)nn(-c3ccccc3)c2n1. The lowest BCUT2D eigenvalue weighted by Crippen LogP contribution is -2.16. The molecule has 5 aromatic rings. The number of fused-ring (bicyclic) bond motifs is 1. The molecular formula is C23H20N8O. The second-order valence-corrected chi connectivity index (χ2v) is 7.23. The van der Waals surface area contributed by atoms with Crippen LogP contribution in [-0.4, -0.2) is 40.9 Å². The standard InChI is InChI=1S/C23H20N8O/c1-3-21-26-28-29-31(21)20-12-8-7-11-18(20)25-23(32)19-14-13-17-15(2)27-30(22(17)24-19)16-9-5-4-6-10-16/h4-14H,3H2,1-2H3,(H,25,32). The number of carbonyl (C=O) groups is 1. The Kier molecular flexibility index (Phi) is 4.91. The van der Waals surface area contributed by atoms with Crippen molar-refractivity contribution in [3.05, 3.63) is 83.9 Å². The van der Waals surface area contributed by atoms with Gasteiger partial charge >= 0.3 is 0 Å². The molecule has 0 aliphatic carbocycles. The minimum Gasteiger partial charge on any atom is -0.319 e. The third-order valence-corrected chi connectivity index (χ3v) is 5.18. The number of amides is 1. The van der Waals surface area contributed by atoms with E-state index in [1.807, 2.05) is 74.5 Å². The monoisotopic (exact) mass is 424 g/mol. The number of benzene rings is 2. The van der Waals surface area contributed by atoms with E-state index in [0.29, 0.717) is 29.3 Å². The quantitative estimate of drug-likeness (QED) is 0.463. The Morgan fingerprint density at radius 3 is 2.56 bits per heavy atom. The van der Waals surface area contributed by atoms with Gasteiger partial charge in [-0.25, -0.2) is 9.67 Å². The highest BCUT2D eigenvalue weighted by Gasteiger charge is 2.17. The average molecular weight is 424 g/mol. The fraction of sp³-hybridized carbons (Fsp3) is 0.130. The minimum atomic E-state index is -0.330. The Morgan fingerprint density at radius 2 is 1.75 bits per heavy atom. The van der Waals surface area contributed by atoms with E-state index in [1.54, 1.807) is 15.4 Å². The van der Waals surface area contributed by atoms with Crippen LogP contribution in [0.2, 0.25) is 0 Å². The number of para-hydroxylation sites is 3. The summed E-state index contributed by atoms with van der Waals surface area (Å²) < 4.78 is 3.38. The van der Waals surface area contributed by atoms with Crippen LogP contribution in [0.5, 0.6) is 0 Å². The predicted molar refractivity (Wildman–Crippen MR) is 120 cm³/mol. The second kappa shape index (κ2) is 8.03. The highest BCUT2D eigenvalue weighted by atomic mass is 16.1. The number of pyridine rings is 1. The molecule has 3 aromatic heterocycles. The van der Waals surface area contributed by atoms with Crippen molar-refractivity contribution in [3.8, 4) is 11.4 Å². The van der Waals surface area contributed by atoms with Gasteiger partial charge in [-0.15, -0.1) is 5.10 Å². The third-order valence-electron chi connectivity index (χ3n) is 5.18. The maximum absolute atomic E-state index is 13.1. The van der Waals surface area contributed by atoms with Gasteiger partial charge in [-0.05, 0) is 53.7 Å². The lowest BCUT2D eigenvalue weighted by molar-refractivity contribution is 0.102. The van der Waals surface area contributed by atoms with Gasteiger partial charge in [0, 0.05) is 11.8 Å². The molecule has 9 heteroatoms. The highest BCUT2D eigenvalue weighted by Crippen LogP contribution is 2.23. The molecule has 158 valence electrons. The molecule has 9 nitrogen and oxygen atoms in total. The van der Waals surface area contributed by atoms with Crippen LogP contribution >= 0.6 is 0 Å². The fourth-order valence-electron chi connectivity index (χ4n) is 3.58. The number of hydrogen-bond acceptors (Lipinski definition) is 6. The van der Waals surface area contributed by atoms with Crippen LogP contribution in [0.4, 0.5) is 5.69 Å². The van der Waals surface area contributed by atoms with Crippen molar-refractivity contribution in [1.29, 1.82) is 0 Å². The molecule has 0 atom stereocenters. The van der Waals surface area contributed by atoms with Gasteiger partial charge in [-0.2, -0.15) is 9.78 Å². The van der Waals surface area contributed by atoms with Crippen LogP contribution in [0, 0.1) is 6.92 Å². The van der Waals surface area contributed by atoms with E-state index in [1.165, 1.54) is 0 Å². The largest absolute Gasteiger partial charge is 0.319 e. The molecule has 2 aromatic carbocycles. The number of nitrogens with zero attached hydrogens (tertiary/aromatic N) is 7. The zero-order chi connectivity index (χ0) is 22.1. The normalized spacial score (nSPS) is 11.1. The van der Waals surface area contributed by atoms with Gasteiger partial charge in [0.25, 0.3) is 5.91 Å². The van der Waals surface area contributed by atoms with Gasteiger partial charge in [-0.1, -0.05) is 37.3 Å². The average Bonchev–Trinajstić information content (AvgIpc) is 3.44. The predicted octanol–water partition coefficient (Wildman–Crippen LogP) is 3.52. The number of tetrazole rings is 1. The second-order valence-electron chi connectivity index (χ2n) is 7.23. The van der Waals surface area contributed by atoms with Crippen molar-refractivity contribution in [1.82, 2.24) is 35.0 Å². The van der Waals surface area contributed by atoms with Gasteiger partial charge in [0.05, 0.1) is 22.8 Å². The molecule has 3 heterocycles. The van der Waals surface area contributed by atoms with Crippen LogP contribution in [0.25, 0.3) is 22.4 Å². The Hall–Kier alpha value is -4.40. The van der Waals surface area contributed by atoms with Gasteiger partial charge in [0.15, 0.2) is 11.5 Å². The summed E-state index contributed by atoms with van der Waals surface area (Å²) >= 11 is 0. The summed E-state index contributed by atoms with van der Waals surface area (Å²) in [4.78, 5) is 17.8. The first-order chi connectivity index (χ1) is 15.7. The van der Waals surface area contributed by atoms with Crippen LogP contribution in [0.3, 0.4) is 0 Å². The maximum atomic E-state index is 13.1. The van der Waals surface area contributed by atoms with E-state index in [2.05, 4.69) is 30.9 Å². The third kappa shape index (κ3) is 3.39. The Balaban J connectivity index is 1.52. The molecule has 0 saturated heterocycles. The lowest BCUT2D eigenvalue weighted by Gasteiger charge is -2.11. The van der Waals surface area contributed by atoms with Crippen molar-refractivity contribution >= 4 is 22.6 Å². The number of anilines is 1. The highest BCUT2D eigenvalue weighted by molar-refractivity contribution is 6.05. The number of rotatable bonds is 5. The first-order valence-electron chi connectivity index (χ1n) is 10.3.